The molecule has 0 saturated carbocycles. The SMILES string of the molecule is N#Cc1cc(C=N)c(-n2c3ccccc3c3c4ccccc4ccc32)cc1-n1c2ccccc2c2c3ccccc3ccc21. The van der Waals surface area contributed by atoms with Gasteiger partial charge in [-0.3, -0.25) is 0 Å². The molecule has 204 valence electrons. The van der Waals surface area contributed by atoms with Gasteiger partial charge in [0, 0.05) is 33.3 Å². The highest BCUT2D eigenvalue weighted by Gasteiger charge is 2.21. The minimum atomic E-state index is 0.522. The lowest BCUT2D eigenvalue weighted by Gasteiger charge is -2.17. The van der Waals surface area contributed by atoms with Crippen LogP contribution in [0.4, 0.5) is 0 Å². The van der Waals surface area contributed by atoms with Gasteiger partial charge in [-0.05, 0) is 57.9 Å². The summed E-state index contributed by atoms with van der Waals surface area (Å²) in [5, 5.41) is 28.3. The predicted octanol–water partition coefficient (Wildman–Crippen LogP) is 10.1. The van der Waals surface area contributed by atoms with E-state index in [0.717, 1.165) is 44.2 Å². The maximum Gasteiger partial charge on any atom is 0.101 e. The molecule has 4 heteroatoms. The van der Waals surface area contributed by atoms with E-state index >= 15 is 0 Å². The molecule has 0 radical (unpaired) electrons. The van der Waals surface area contributed by atoms with Crippen molar-refractivity contribution in [3.05, 3.63) is 145 Å². The Kier molecular flexibility index (Phi) is 5.08. The Morgan fingerprint density at radius 2 is 0.977 bits per heavy atom. The molecular weight excluding hydrogens is 536 g/mol. The van der Waals surface area contributed by atoms with Crippen molar-refractivity contribution in [1.82, 2.24) is 9.13 Å². The van der Waals surface area contributed by atoms with Gasteiger partial charge in [-0.15, -0.1) is 0 Å². The van der Waals surface area contributed by atoms with Crippen LogP contribution in [0, 0.1) is 16.7 Å². The zero-order valence-electron chi connectivity index (χ0n) is 23.6. The molecule has 4 nitrogen and oxygen atoms in total. The molecule has 7 aromatic carbocycles. The first-order valence-corrected chi connectivity index (χ1v) is 14.7. The standard InChI is InChI=1S/C40H24N4/c41-23-27-21-28(24-42)38(44-34-16-8-6-14-32(34)40-30-12-4-2-10-26(30)18-20-36(40)44)22-37(27)43-33-15-7-5-13-31(33)39-29-11-3-1-9-25(29)17-19-35(39)43/h1-23,41H. The molecule has 0 aliphatic carbocycles. The van der Waals surface area contributed by atoms with E-state index in [4.69, 9.17) is 5.41 Å². The largest absolute Gasteiger partial charge is 0.308 e. The Hall–Kier alpha value is -6.18. The lowest BCUT2D eigenvalue weighted by molar-refractivity contribution is 1.12. The number of hydrogen-bond donors (Lipinski definition) is 1. The lowest BCUT2D eigenvalue weighted by Crippen LogP contribution is -2.05. The van der Waals surface area contributed by atoms with E-state index < -0.39 is 0 Å². The second kappa shape index (κ2) is 9.16. The summed E-state index contributed by atoms with van der Waals surface area (Å²) < 4.78 is 4.47. The van der Waals surface area contributed by atoms with E-state index in [1.165, 1.54) is 38.5 Å². The van der Waals surface area contributed by atoms with E-state index in [-0.39, 0.29) is 0 Å². The van der Waals surface area contributed by atoms with Crippen LogP contribution < -0.4 is 0 Å². The van der Waals surface area contributed by atoms with Crippen LogP contribution in [-0.4, -0.2) is 15.3 Å². The van der Waals surface area contributed by atoms with Crippen LogP contribution in [0.15, 0.2) is 133 Å². The van der Waals surface area contributed by atoms with Gasteiger partial charge in [-0.25, -0.2) is 0 Å². The maximum atomic E-state index is 10.5. The molecule has 0 amide bonds. The third kappa shape index (κ3) is 3.24. The summed E-state index contributed by atoms with van der Waals surface area (Å²) in [6.45, 7) is 0. The molecule has 0 fully saturated rings. The molecule has 0 aliphatic rings. The van der Waals surface area contributed by atoms with E-state index in [1.54, 1.807) is 0 Å². The third-order valence-electron chi connectivity index (χ3n) is 9.03. The second-order valence-corrected chi connectivity index (χ2v) is 11.3. The van der Waals surface area contributed by atoms with Crippen LogP contribution in [0.1, 0.15) is 11.1 Å². The number of nitrogens with zero attached hydrogens (tertiary/aromatic N) is 3. The Morgan fingerprint density at radius 3 is 1.50 bits per heavy atom. The zero-order chi connectivity index (χ0) is 29.4. The number of benzene rings is 7. The van der Waals surface area contributed by atoms with Gasteiger partial charge in [0.25, 0.3) is 0 Å². The predicted molar refractivity (Wildman–Crippen MR) is 183 cm³/mol. The molecule has 0 atom stereocenters. The number of nitrogens with one attached hydrogen (secondary N) is 1. The molecule has 2 heterocycles. The van der Waals surface area contributed by atoms with Gasteiger partial charge in [0.05, 0.1) is 39.0 Å². The summed E-state index contributed by atoms with van der Waals surface area (Å²) in [6, 6.07) is 48.9. The molecule has 9 rings (SSSR count). The minimum Gasteiger partial charge on any atom is -0.308 e. The number of para-hydroxylation sites is 2. The van der Waals surface area contributed by atoms with Gasteiger partial charge in [0.1, 0.15) is 6.07 Å². The van der Waals surface area contributed by atoms with Gasteiger partial charge < -0.3 is 14.5 Å². The van der Waals surface area contributed by atoms with E-state index in [1.807, 2.05) is 6.07 Å². The first-order valence-electron chi connectivity index (χ1n) is 14.7. The average Bonchev–Trinajstić information content (AvgIpc) is 3.61. The zero-order valence-corrected chi connectivity index (χ0v) is 23.6. The number of nitriles is 1. The van der Waals surface area contributed by atoms with Crippen molar-refractivity contribution < 1.29 is 0 Å². The van der Waals surface area contributed by atoms with Crippen molar-refractivity contribution in [2.45, 2.75) is 0 Å². The Bertz CT molecular complexity index is 2700. The molecular formula is C40H24N4. The van der Waals surface area contributed by atoms with Crippen molar-refractivity contribution in [3.8, 4) is 17.4 Å². The Labute approximate surface area is 252 Å². The lowest BCUT2D eigenvalue weighted by atomic mass is 10.0. The van der Waals surface area contributed by atoms with Crippen LogP contribution in [0.3, 0.4) is 0 Å². The normalized spacial score (nSPS) is 11.7. The molecule has 0 bridgehead atoms. The molecule has 0 saturated heterocycles. The topological polar surface area (TPSA) is 57.5 Å². The van der Waals surface area contributed by atoms with Crippen molar-refractivity contribution in [3.63, 3.8) is 0 Å². The summed E-state index contributed by atoms with van der Waals surface area (Å²) >= 11 is 0. The summed E-state index contributed by atoms with van der Waals surface area (Å²) in [4.78, 5) is 0. The van der Waals surface area contributed by atoms with Crippen LogP contribution in [0.2, 0.25) is 0 Å². The van der Waals surface area contributed by atoms with Crippen molar-refractivity contribution in [1.29, 1.82) is 10.7 Å². The van der Waals surface area contributed by atoms with Gasteiger partial charge in [0.2, 0.25) is 0 Å². The highest BCUT2D eigenvalue weighted by molar-refractivity contribution is 6.22. The quantitative estimate of drug-likeness (QED) is 0.215. The molecule has 44 heavy (non-hydrogen) atoms. The van der Waals surface area contributed by atoms with E-state index in [0.29, 0.717) is 11.1 Å². The average molecular weight is 561 g/mol. The minimum absolute atomic E-state index is 0.522. The maximum absolute atomic E-state index is 10.5. The van der Waals surface area contributed by atoms with Crippen molar-refractivity contribution in [2.75, 3.05) is 0 Å². The fourth-order valence-corrected chi connectivity index (χ4v) is 7.18. The summed E-state index contributed by atoms with van der Waals surface area (Å²) in [7, 11) is 0. The highest BCUT2D eigenvalue weighted by atomic mass is 15.0. The molecule has 9 aromatic rings. The van der Waals surface area contributed by atoms with Gasteiger partial charge in [-0.1, -0.05) is 97.1 Å². The fourth-order valence-electron chi connectivity index (χ4n) is 7.18. The smallest absolute Gasteiger partial charge is 0.101 e. The molecule has 0 spiro atoms. The summed E-state index contributed by atoms with van der Waals surface area (Å²) in [5.41, 5.74) is 7.08. The Morgan fingerprint density at radius 1 is 0.500 bits per heavy atom. The first kappa shape index (κ1) is 24.4. The molecule has 0 aliphatic heterocycles. The monoisotopic (exact) mass is 560 g/mol. The second-order valence-electron chi connectivity index (χ2n) is 11.3. The van der Waals surface area contributed by atoms with Gasteiger partial charge >= 0.3 is 0 Å². The third-order valence-corrected chi connectivity index (χ3v) is 9.03. The van der Waals surface area contributed by atoms with Gasteiger partial charge in [0.15, 0.2) is 0 Å². The van der Waals surface area contributed by atoms with Gasteiger partial charge in [-0.2, -0.15) is 5.26 Å². The van der Waals surface area contributed by atoms with Crippen LogP contribution in [0.5, 0.6) is 0 Å². The van der Waals surface area contributed by atoms with Crippen molar-refractivity contribution >= 4 is 71.4 Å². The van der Waals surface area contributed by atoms with E-state index in [9.17, 15) is 5.26 Å². The Balaban J connectivity index is 1.45. The first-order chi connectivity index (χ1) is 21.8. The van der Waals surface area contributed by atoms with Crippen molar-refractivity contribution in [2.24, 2.45) is 0 Å². The fraction of sp³-hybridized carbons (Fsp3) is 0. The number of fused-ring (bicyclic) bond motifs is 10. The highest BCUT2D eigenvalue weighted by Crippen LogP contribution is 2.41. The number of rotatable bonds is 3. The summed E-state index contributed by atoms with van der Waals surface area (Å²) in [6.07, 6.45) is 1.36. The molecule has 0 unspecified atom stereocenters. The van der Waals surface area contributed by atoms with Crippen LogP contribution in [-0.2, 0) is 0 Å². The molecule has 1 N–H and O–H groups in total. The number of aromatic nitrogens is 2. The van der Waals surface area contributed by atoms with Crippen LogP contribution >= 0.6 is 0 Å². The van der Waals surface area contributed by atoms with Crippen LogP contribution in [0.25, 0.3) is 76.5 Å². The summed E-state index contributed by atoms with van der Waals surface area (Å²) in [5.74, 6) is 0. The van der Waals surface area contributed by atoms with E-state index in [2.05, 4.69) is 143 Å². The molecule has 2 aromatic heterocycles. The number of hydrogen-bond acceptors (Lipinski definition) is 2.